The van der Waals surface area contributed by atoms with E-state index in [-0.39, 0.29) is 0 Å². The molecular weight excluding hydrogens is 172 g/mol. The lowest BCUT2D eigenvalue weighted by atomic mass is 9.96. The predicted molar refractivity (Wildman–Crippen MR) is 58.6 cm³/mol. The summed E-state index contributed by atoms with van der Waals surface area (Å²) in [7, 11) is 0. The van der Waals surface area contributed by atoms with Crippen LogP contribution in [0.5, 0.6) is 0 Å². The van der Waals surface area contributed by atoms with Crippen molar-refractivity contribution in [2.45, 2.75) is 32.2 Å². The molecule has 0 spiro atoms. The summed E-state index contributed by atoms with van der Waals surface area (Å²) >= 11 is 0. The Balaban J connectivity index is 2.27. The fourth-order valence-electron chi connectivity index (χ4n) is 2.07. The summed E-state index contributed by atoms with van der Waals surface area (Å²) in [5.41, 5.74) is 5.76. The maximum absolute atomic E-state index is 5.62. The number of hydrogen-bond donors (Lipinski definition) is 2. The van der Waals surface area contributed by atoms with Crippen molar-refractivity contribution in [3.8, 4) is 0 Å². The lowest BCUT2D eigenvalue weighted by molar-refractivity contribution is 0.493. The molecule has 1 fully saturated rings. The van der Waals surface area contributed by atoms with Gasteiger partial charge in [0.1, 0.15) is 0 Å². The monoisotopic (exact) mass is 190 g/mol. The molecule has 14 heavy (non-hydrogen) atoms. The highest BCUT2D eigenvalue weighted by Crippen LogP contribution is 2.41. The lowest BCUT2D eigenvalue weighted by Crippen LogP contribution is -2.30. The van der Waals surface area contributed by atoms with E-state index in [1.165, 1.54) is 24.0 Å². The number of hydrogen-bond acceptors (Lipinski definition) is 2. The van der Waals surface area contributed by atoms with E-state index in [4.69, 9.17) is 5.84 Å². The zero-order chi connectivity index (χ0) is 9.97. The second kappa shape index (κ2) is 4.11. The van der Waals surface area contributed by atoms with Gasteiger partial charge in [-0.2, -0.15) is 0 Å². The van der Waals surface area contributed by atoms with Crippen molar-refractivity contribution in [1.82, 2.24) is 5.43 Å². The van der Waals surface area contributed by atoms with Gasteiger partial charge in [0.05, 0.1) is 0 Å². The summed E-state index contributed by atoms with van der Waals surface area (Å²) in [6, 6.07) is 8.96. The second-order valence-electron chi connectivity index (χ2n) is 4.03. The standard InChI is InChI=1S/C12H18N2/c1-2-9-5-3-4-6-11(9)12(14-13)10-7-8-10/h3-6,10,12,14H,2,7-8,13H2,1H3. The Morgan fingerprint density at radius 3 is 2.71 bits per heavy atom. The van der Waals surface area contributed by atoms with Crippen molar-refractivity contribution in [1.29, 1.82) is 0 Å². The molecule has 3 N–H and O–H groups in total. The third-order valence-electron chi connectivity index (χ3n) is 3.04. The minimum absolute atomic E-state index is 0.367. The predicted octanol–water partition coefficient (Wildman–Crippen LogP) is 2.16. The molecule has 1 aromatic carbocycles. The average molecular weight is 190 g/mol. The lowest BCUT2D eigenvalue weighted by Gasteiger charge is -2.18. The molecule has 2 nitrogen and oxygen atoms in total. The van der Waals surface area contributed by atoms with Crippen LogP contribution in [0, 0.1) is 5.92 Å². The maximum atomic E-state index is 5.62. The summed E-state index contributed by atoms with van der Waals surface area (Å²) < 4.78 is 0. The fraction of sp³-hybridized carbons (Fsp3) is 0.500. The Kier molecular flexibility index (Phi) is 2.85. The molecule has 0 amide bonds. The largest absolute Gasteiger partial charge is 0.271 e. The van der Waals surface area contributed by atoms with Crippen LogP contribution in [0.4, 0.5) is 0 Å². The molecule has 0 radical (unpaired) electrons. The van der Waals surface area contributed by atoms with Crippen LogP contribution in [-0.2, 0) is 6.42 Å². The van der Waals surface area contributed by atoms with Gasteiger partial charge in [-0.25, -0.2) is 0 Å². The van der Waals surface area contributed by atoms with Crippen molar-refractivity contribution >= 4 is 0 Å². The van der Waals surface area contributed by atoms with E-state index in [9.17, 15) is 0 Å². The van der Waals surface area contributed by atoms with Gasteiger partial charge >= 0.3 is 0 Å². The Morgan fingerprint density at radius 2 is 2.14 bits per heavy atom. The van der Waals surface area contributed by atoms with Gasteiger partial charge in [0.25, 0.3) is 0 Å². The quantitative estimate of drug-likeness (QED) is 0.564. The number of nitrogens with two attached hydrogens (primary N) is 1. The van der Waals surface area contributed by atoms with Crippen LogP contribution in [0.25, 0.3) is 0 Å². The van der Waals surface area contributed by atoms with E-state index in [0.717, 1.165) is 12.3 Å². The van der Waals surface area contributed by atoms with Crippen molar-refractivity contribution in [2.24, 2.45) is 11.8 Å². The average Bonchev–Trinajstić information content (AvgIpc) is 3.04. The zero-order valence-corrected chi connectivity index (χ0v) is 8.66. The summed E-state index contributed by atoms with van der Waals surface area (Å²) in [6.07, 6.45) is 3.71. The zero-order valence-electron chi connectivity index (χ0n) is 8.66. The van der Waals surface area contributed by atoms with E-state index in [0.29, 0.717) is 6.04 Å². The van der Waals surface area contributed by atoms with E-state index in [1.807, 2.05) is 0 Å². The molecule has 0 heterocycles. The molecule has 0 bridgehead atoms. The van der Waals surface area contributed by atoms with E-state index < -0.39 is 0 Å². The smallest absolute Gasteiger partial charge is 0.0490 e. The topological polar surface area (TPSA) is 38.0 Å². The van der Waals surface area contributed by atoms with Crippen molar-refractivity contribution in [3.63, 3.8) is 0 Å². The van der Waals surface area contributed by atoms with E-state index in [2.05, 4.69) is 36.6 Å². The highest BCUT2D eigenvalue weighted by atomic mass is 15.2. The maximum Gasteiger partial charge on any atom is 0.0490 e. The first kappa shape index (κ1) is 9.69. The Morgan fingerprint density at radius 1 is 1.43 bits per heavy atom. The molecular formula is C12H18N2. The molecule has 0 aliphatic heterocycles. The number of benzene rings is 1. The third kappa shape index (κ3) is 1.81. The van der Waals surface area contributed by atoms with Gasteiger partial charge in [-0.1, -0.05) is 31.2 Å². The highest BCUT2D eigenvalue weighted by molar-refractivity contribution is 5.31. The number of rotatable bonds is 4. The molecule has 2 rings (SSSR count). The number of hydrazine groups is 1. The third-order valence-corrected chi connectivity index (χ3v) is 3.04. The summed E-state index contributed by atoms with van der Waals surface area (Å²) in [4.78, 5) is 0. The molecule has 0 saturated heterocycles. The van der Waals surface area contributed by atoms with Gasteiger partial charge in [0, 0.05) is 6.04 Å². The van der Waals surface area contributed by atoms with E-state index >= 15 is 0 Å². The van der Waals surface area contributed by atoms with Crippen LogP contribution < -0.4 is 11.3 Å². The Labute approximate surface area is 85.5 Å². The highest BCUT2D eigenvalue weighted by Gasteiger charge is 2.32. The number of aryl methyl sites for hydroxylation is 1. The molecule has 0 aromatic heterocycles. The van der Waals surface area contributed by atoms with Crippen LogP contribution in [0.3, 0.4) is 0 Å². The van der Waals surface area contributed by atoms with Gasteiger partial charge in [-0.05, 0) is 36.3 Å². The number of nitrogens with one attached hydrogen (secondary N) is 1. The molecule has 1 aromatic rings. The van der Waals surface area contributed by atoms with Crippen LogP contribution in [0.15, 0.2) is 24.3 Å². The molecule has 1 aliphatic carbocycles. The normalized spacial score (nSPS) is 18.1. The second-order valence-corrected chi connectivity index (χ2v) is 4.03. The molecule has 1 aliphatic rings. The molecule has 2 heteroatoms. The molecule has 1 saturated carbocycles. The van der Waals surface area contributed by atoms with E-state index in [1.54, 1.807) is 0 Å². The molecule has 1 atom stereocenters. The molecule has 1 unspecified atom stereocenters. The molecule has 76 valence electrons. The SMILES string of the molecule is CCc1ccccc1C(NN)C1CC1. The minimum atomic E-state index is 0.367. The van der Waals surface area contributed by atoms with Gasteiger partial charge in [0.15, 0.2) is 0 Å². The minimum Gasteiger partial charge on any atom is -0.271 e. The van der Waals surface area contributed by atoms with Crippen LogP contribution in [0.1, 0.15) is 36.9 Å². The first-order valence-corrected chi connectivity index (χ1v) is 5.40. The van der Waals surface area contributed by atoms with Gasteiger partial charge in [0.2, 0.25) is 0 Å². The van der Waals surface area contributed by atoms with Crippen molar-refractivity contribution < 1.29 is 0 Å². The van der Waals surface area contributed by atoms with Gasteiger partial charge < -0.3 is 0 Å². The fourth-order valence-corrected chi connectivity index (χ4v) is 2.07. The summed E-state index contributed by atoms with van der Waals surface area (Å²) in [5, 5.41) is 0. The van der Waals surface area contributed by atoms with Crippen LogP contribution >= 0.6 is 0 Å². The first-order chi connectivity index (χ1) is 6.86. The van der Waals surface area contributed by atoms with Gasteiger partial charge in [-0.3, -0.25) is 11.3 Å². The Hall–Kier alpha value is -0.860. The Bertz CT molecular complexity index is 305. The van der Waals surface area contributed by atoms with Crippen molar-refractivity contribution in [2.75, 3.05) is 0 Å². The van der Waals surface area contributed by atoms with Crippen LogP contribution in [0.2, 0.25) is 0 Å². The first-order valence-electron chi connectivity index (χ1n) is 5.40. The summed E-state index contributed by atoms with van der Waals surface area (Å²) in [5.74, 6) is 6.38. The van der Waals surface area contributed by atoms with Crippen LogP contribution in [-0.4, -0.2) is 0 Å². The summed E-state index contributed by atoms with van der Waals surface area (Å²) in [6.45, 7) is 2.19. The van der Waals surface area contributed by atoms with Crippen molar-refractivity contribution in [3.05, 3.63) is 35.4 Å². The van der Waals surface area contributed by atoms with Gasteiger partial charge in [-0.15, -0.1) is 0 Å².